The maximum atomic E-state index is 14.2. The van der Waals surface area contributed by atoms with Crippen LogP contribution in [0, 0.1) is 5.92 Å². The van der Waals surface area contributed by atoms with E-state index in [0.29, 0.717) is 17.4 Å². The first kappa shape index (κ1) is 27.5. The Morgan fingerprint density at radius 2 is 1.77 bits per heavy atom. The number of hydrogen-bond acceptors (Lipinski definition) is 4. The molecule has 5 rings (SSSR count). The molecule has 0 atom stereocenters. The smallest absolute Gasteiger partial charge is 0.325 e. The number of alkyl halides is 3. The summed E-state index contributed by atoms with van der Waals surface area (Å²) in [5.74, 6) is -0.612. The highest BCUT2D eigenvalue weighted by atomic mass is 32.2. The zero-order valence-corrected chi connectivity index (χ0v) is 22.9. The Morgan fingerprint density at radius 1 is 1.08 bits per heavy atom. The van der Waals surface area contributed by atoms with E-state index < -0.39 is 17.6 Å². The van der Waals surface area contributed by atoms with Crippen LogP contribution in [0.4, 0.5) is 18.9 Å². The standard InChI is InChI=1S/C30H32F3N3O2S/c1-19(2)17-36-27(38)25-26(21-11-5-4-10-20(21)16-29(25)14-8-3-9-15-29)35-28(36)39-18-24(37)34-23-13-7-6-12-22(23)30(31,32)33/h4-7,10-13,19H,3,8-9,14-18H2,1-2H3,(H,34,37). The van der Waals surface area contributed by atoms with Crippen LogP contribution >= 0.6 is 11.8 Å². The summed E-state index contributed by atoms with van der Waals surface area (Å²) in [6.07, 6.45) is 1.43. The average Bonchev–Trinajstić information content (AvgIpc) is 2.89. The predicted molar refractivity (Wildman–Crippen MR) is 148 cm³/mol. The lowest BCUT2D eigenvalue weighted by atomic mass is 9.62. The molecular weight excluding hydrogens is 523 g/mol. The summed E-state index contributed by atoms with van der Waals surface area (Å²) in [6.45, 7) is 4.48. The molecule has 0 saturated heterocycles. The van der Waals surface area contributed by atoms with Gasteiger partial charge in [-0.25, -0.2) is 4.98 Å². The van der Waals surface area contributed by atoms with Gasteiger partial charge in [-0.05, 0) is 42.9 Å². The minimum absolute atomic E-state index is 0.0598. The number of amides is 1. The van der Waals surface area contributed by atoms with Gasteiger partial charge in [-0.3, -0.25) is 14.2 Å². The monoisotopic (exact) mass is 555 g/mol. The van der Waals surface area contributed by atoms with Gasteiger partial charge in [-0.2, -0.15) is 13.2 Å². The number of nitrogens with zero attached hydrogens (tertiary/aromatic N) is 2. The number of carbonyl (C=O) groups excluding carboxylic acids is 1. The van der Waals surface area contributed by atoms with Gasteiger partial charge in [0.15, 0.2) is 5.16 Å². The molecule has 1 spiro atoms. The molecule has 1 saturated carbocycles. The van der Waals surface area contributed by atoms with Crippen molar-refractivity contribution in [2.75, 3.05) is 11.1 Å². The second-order valence-electron chi connectivity index (χ2n) is 11.0. The Balaban J connectivity index is 1.52. The first-order valence-corrected chi connectivity index (χ1v) is 14.4. The molecule has 206 valence electrons. The van der Waals surface area contributed by atoms with E-state index in [-0.39, 0.29) is 28.3 Å². The number of thioether (sulfide) groups is 1. The molecule has 1 fully saturated rings. The maximum absolute atomic E-state index is 14.2. The molecule has 2 aliphatic carbocycles. The van der Waals surface area contributed by atoms with E-state index in [0.717, 1.165) is 67.5 Å². The summed E-state index contributed by atoms with van der Waals surface area (Å²) >= 11 is 1.09. The van der Waals surface area contributed by atoms with Crippen LogP contribution in [0.2, 0.25) is 0 Å². The van der Waals surface area contributed by atoms with Crippen LogP contribution < -0.4 is 10.9 Å². The Bertz CT molecular complexity index is 1440. The number of nitrogens with one attached hydrogen (secondary N) is 1. The van der Waals surface area contributed by atoms with Gasteiger partial charge in [0.2, 0.25) is 5.91 Å². The van der Waals surface area contributed by atoms with Crippen LogP contribution in [0.1, 0.15) is 62.6 Å². The van der Waals surface area contributed by atoms with Crippen LogP contribution in [-0.2, 0) is 29.4 Å². The van der Waals surface area contributed by atoms with E-state index in [1.807, 2.05) is 32.0 Å². The zero-order chi connectivity index (χ0) is 27.8. The summed E-state index contributed by atoms with van der Waals surface area (Å²) in [6, 6.07) is 13.0. The van der Waals surface area contributed by atoms with E-state index in [1.54, 1.807) is 4.57 Å². The van der Waals surface area contributed by atoms with E-state index in [2.05, 4.69) is 11.4 Å². The molecular formula is C30H32F3N3O2S. The second kappa shape index (κ2) is 10.8. The average molecular weight is 556 g/mol. The molecule has 0 bridgehead atoms. The van der Waals surface area contributed by atoms with E-state index in [1.165, 1.54) is 23.8 Å². The van der Waals surface area contributed by atoms with Crippen LogP contribution in [0.5, 0.6) is 0 Å². The number of halogens is 3. The SMILES string of the molecule is CC(C)Cn1c(SCC(=O)Nc2ccccc2C(F)(F)F)nc2c(c1=O)C1(CCCCC1)Cc1ccccc1-2. The number of rotatable bonds is 6. The Hall–Kier alpha value is -3.07. The lowest BCUT2D eigenvalue weighted by Crippen LogP contribution is -2.43. The molecule has 0 unspecified atom stereocenters. The highest BCUT2D eigenvalue weighted by molar-refractivity contribution is 7.99. The fraction of sp³-hybridized carbons (Fsp3) is 0.433. The summed E-state index contributed by atoms with van der Waals surface area (Å²) in [4.78, 5) is 32.0. The van der Waals surface area contributed by atoms with Gasteiger partial charge in [-0.15, -0.1) is 0 Å². The van der Waals surface area contributed by atoms with Crippen molar-refractivity contribution < 1.29 is 18.0 Å². The number of para-hydroxylation sites is 1. The third-order valence-electron chi connectivity index (χ3n) is 7.66. The van der Waals surface area contributed by atoms with E-state index in [9.17, 15) is 22.8 Å². The van der Waals surface area contributed by atoms with Crippen molar-refractivity contribution >= 4 is 23.4 Å². The maximum Gasteiger partial charge on any atom is 0.418 e. The molecule has 2 aliphatic rings. The van der Waals surface area contributed by atoms with Gasteiger partial charge in [-0.1, -0.05) is 81.3 Å². The lowest BCUT2D eigenvalue weighted by molar-refractivity contribution is -0.137. The number of benzene rings is 2. The summed E-state index contributed by atoms with van der Waals surface area (Å²) in [5.41, 5.74) is 2.11. The van der Waals surface area contributed by atoms with Crippen molar-refractivity contribution in [1.29, 1.82) is 0 Å². The first-order valence-electron chi connectivity index (χ1n) is 13.4. The molecule has 3 aromatic rings. The number of carbonyl (C=O) groups is 1. The van der Waals surface area contributed by atoms with E-state index in [4.69, 9.17) is 4.98 Å². The molecule has 0 aliphatic heterocycles. The highest BCUT2D eigenvalue weighted by Crippen LogP contribution is 2.49. The fourth-order valence-corrected chi connectivity index (χ4v) is 6.82. The summed E-state index contributed by atoms with van der Waals surface area (Å²) in [7, 11) is 0. The van der Waals surface area contributed by atoms with Gasteiger partial charge in [0.1, 0.15) is 0 Å². The van der Waals surface area contributed by atoms with Crippen LogP contribution in [-0.4, -0.2) is 21.2 Å². The normalized spacial score (nSPS) is 16.2. The Morgan fingerprint density at radius 3 is 2.49 bits per heavy atom. The minimum atomic E-state index is -4.59. The number of aromatic nitrogens is 2. The quantitative estimate of drug-likeness (QED) is 0.261. The van der Waals surface area contributed by atoms with Gasteiger partial charge >= 0.3 is 6.18 Å². The number of fused-ring (bicyclic) bond motifs is 4. The number of hydrogen-bond donors (Lipinski definition) is 1. The van der Waals surface area contributed by atoms with Gasteiger partial charge in [0, 0.05) is 17.5 Å². The van der Waals surface area contributed by atoms with Crippen molar-refractivity contribution in [2.24, 2.45) is 5.92 Å². The summed E-state index contributed by atoms with van der Waals surface area (Å²) in [5, 5.41) is 2.80. The second-order valence-corrected chi connectivity index (χ2v) is 11.9. The van der Waals surface area contributed by atoms with Crippen molar-refractivity contribution in [3.8, 4) is 11.3 Å². The van der Waals surface area contributed by atoms with Gasteiger partial charge in [0.05, 0.1) is 28.3 Å². The van der Waals surface area contributed by atoms with Crippen LogP contribution in [0.3, 0.4) is 0 Å². The summed E-state index contributed by atoms with van der Waals surface area (Å²) < 4.78 is 41.9. The Kier molecular flexibility index (Phi) is 7.64. The fourth-order valence-electron chi connectivity index (χ4n) is 6.01. The van der Waals surface area contributed by atoms with Crippen molar-refractivity contribution in [2.45, 2.75) is 75.7 Å². The molecule has 1 aromatic heterocycles. The topological polar surface area (TPSA) is 64.0 Å². The van der Waals surface area contributed by atoms with Crippen LogP contribution in [0.25, 0.3) is 11.3 Å². The molecule has 9 heteroatoms. The third-order valence-corrected chi connectivity index (χ3v) is 8.64. The molecule has 1 amide bonds. The van der Waals surface area contributed by atoms with Gasteiger partial charge in [0.25, 0.3) is 5.56 Å². The third kappa shape index (κ3) is 5.51. The van der Waals surface area contributed by atoms with E-state index >= 15 is 0 Å². The molecule has 1 N–H and O–H groups in total. The van der Waals surface area contributed by atoms with Crippen LogP contribution in [0.15, 0.2) is 58.5 Å². The molecule has 0 radical (unpaired) electrons. The molecule has 1 heterocycles. The Labute approximate surface area is 230 Å². The van der Waals surface area contributed by atoms with Crippen molar-refractivity contribution in [3.05, 3.63) is 75.6 Å². The first-order chi connectivity index (χ1) is 18.6. The highest BCUT2D eigenvalue weighted by Gasteiger charge is 2.43. The minimum Gasteiger partial charge on any atom is -0.325 e. The van der Waals surface area contributed by atoms with Crippen molar-refractivity contribution in [1.82, 2.24) is 9.55 Å². The molecule has 39 heavy (non-hydrogen) atoms. The van der Waals surface area contributed by atoms with Gasteiger partial charge < -0.3 is 5.32 Å². The lowest BCUT2D eigenvalue weighted by Gasteiger charge is -2.42. The molecule has 5 nitrogen and oxygen atoms in total. The largest absolute Gasteiger partial charge is 0.418 e. The predicted octanol–water partition coefficient (Wildman–Crippen LogP) is 7.07. The zero-order valence-electron chi connectivity index (χ0n) is 22.1. The molecule has 2 aromatic carbocycles. The number of anilines is 1. The van der Waals surface area contributed by atoms with Crippen molar-refractivity contribution in [3.63, 3.8) is 0 Å².